The van der Waals surface area contributed by atoms with Gasteiger partial charge in [-0.1, -0.05) is 6.92 Å². The van der Waals surface area contributed by atoms with Crippen LogP contribution >= 0.6 is 0 Å². The molecule has 6 nitrogen and oxygen atoms in total. The van der Waals surface area contributed by atoms with Crippen LogP contribution in [-0.2, 0) is 11.3 Å². The molecule has 0 aliphatic rings. The van der Waals surface area contributed by atoms with Crippen LogP contribution in [0.3, 0.4) is 0 Å². The van der Waals surface area contributed by atoms with Gasteiger partial charge in [-0.05, 0) is 6.42 Å². The largest absolute Gasteiger partial charge is 0.390 e. The van der Waals surface area contributed by atoms with Crippen molar-refractivity contribution in [2.45, 2.75) is 25.9 Å². The molecule has 0 bridgehead atoms. The number of methoxy groups -OCH3 is 1. The Labute approximate surface area is 116 Å². The number of aromatic nitrogens is 2. The summed E-state index contributed by atoms with van der Waals surface area (Å²) < 4.78 is 30.9. The Morgan fingerprint density at radius 3 is 2.50 bits per heavy atom. The highest BCUT2D eigenvalue weighted by atomic mass is 19.3. The second-order valence-electron chi connectivity index (χ2n) is 4.28. The summed E-state index contributed by atoms with van der Waals surface area (Å²) >= 11 is 0. The normalized spacial score (nSPS) is 11.4. The maximum atomic E-state index is 13.0. The fraction of sp³-hybridized carbons (Fsp3) is 0.667. The number of ether oxygens (including phenoxy) is 1. The Hall–Kier alpha value is -1.54. The van der Waals surface area contributed by atoms with Crippen LogP contribution in [0.2, 0.25) is 0 Å². The van der Waals surface area contributed by atoms with Crippen LogP contribution < -0.4 is 10.6 Å². The first-order chi connectivity index (χ1) is 9.50. The molecule has 1 aromatic heterocycles. The summed E-state index contributed by atoms with van der Waals surface area (Å²) in [7, 11) is 1.50. The maximum absolute atomic E-state index is 13.0. The molecule has 114 valence electrons. The van der Waals surface area contributed by atoms with E-state index < -0.39 is 19.1 Å². The third-order valence-corrected chi connectivity index (χ3v) is 2.36. The van der Waals surface area contributed by atoms with Crippen molar-refractivity contribution in [1.82, 2.24) is 9.97 Å². The Balaban J connectivity index is 2.79. The average Bonchev–Trinajstić information content (AvgIpc) is 2.43. The monoisotopic (exact) mass is 290 g/mol. The fourth-order valence-corrected chi connectivity index (χ4v) is 1.40. The molecule has 0 atom stereocenters. The van der Waals surface area contributed by atoms with Gasteiger partial charge in [0, 0.05) is 19.7 Å². The zero-order valence-corrected chi connectivity index (χ0v) is 11.6. The first-order valence-electron chi connectivity index (χ1n) is 6.34. The van der Waals surface area contributed by atoms with Gasteiger partial charge < -0.3 is 20.5 Å². The van der Waals surface area contributed by atoms with Crippen LogP contribution in [0.5, 0.6) is 0 Å². The van der Waals surface area contributed by atoms with Crippen LogP contribution in [0.4, 0.5) is 20.4 Å². The minimum atomic E-state index is -3.19. The number of nitrogens with one attached hydrogen (secondary N) is 2. The first kappa shape index (κ1) is 16.5. The van der Waals surface area contributed by atoms with Crippen LogP contribution in [0, 0.1) is 0 Å². The summed E-state index contributed by atoms with van der Waals surface area (Å²) in [5, 5.41) is 14.1. The highest BCUT2D eigenvalue weighted by Gasteiger charge is 2.27. The molecule has 0 fully saturated rings. The number of anilines is 2. The molecule has 0 saturated carbocycles. The standard InChI is InChI=1S/C12H20F2N4O2/c1-3-4-15-9-5-10(16-7-12(13,14)8-19)18-11(17-9)6-20-2/h5,19H,3-4,6-8H2,1-2H3,(H2,15,16,17,18). The summed E-state index contributed by atoms with van der Waals surface area (Å²) in [6.45, 7) is 1.00. The molecule has 0 spiro atoms. The first-order valence-corrected chi connectivity index (χ1v) is 6.34. The van der Waals surface area contributed by atoms with Gasteiger partial charge in [0.25, 0.3) is 5.92 Å². The van der Waals surface area contributed by atoms with E-state index in [0.29, 0.717) is 11.6 Å². The van der Waals surface area contributed by atoms with Crippen molar-refractivity contribution in [3.05, 3.63) is 11.9 Å². The lowest BCUT2D eigenvalue weighted by molar-refractivity contribution is -0.0373. The van der Waals surface area contributed by atoms with Gasteiger partial charge in [-0.25, -0.2) is 18.7 Å². The van der Waals surface area contributed by atoms with Crippen molar-refractivity contribution >= 4 is 11.6 Å². The third kappa shape index (κ3) is 5.62. The predicted octanol–water partition coefficient (Wildman–Crippen LogP) is 1.48. The zero-order chi connectivity index (χ0) is 15.0. The topological polar surface area (TPSA) is 79.3 Å². The molecule has 0 saturated heterocycles. The average molecular weight is 290 g/mol. The summed E-state index contributed by atoms with van der Waals surface area (Å²) in [6.07, 6.45) is 0.912. The Morgan fingerprint density at radius 2 is 1.95 bits per heavy atom. The fourth-order valence-electron chi connectivity index (χ4n) is 1.40. The molecule has 0 aliphatic heterocycles. The number of nitrogens with zero attached hydrogens (tertiary/aromatic N) is 2. The van der Waals surface area contributed by atoms with Crippen molar-refractivity contribution < 1.29 is 18.6 Å². The minimum Gasteiger partial charge on any atom is -0.390 e. The number of halogens is 2. The molecule has 0 aromatic carbocycles. The van der Waals surface area contributed by atoms with Gasteiger partial charge in [0.05, 0.1) is 6.54 Å². The van der Waals surface area contributed by atoms with Crippen molar-refractivity contribution in [2.75, 3.05) is 37.4 Å². The Kier molecular flexibility index (Phi) is 6.53. The number of aliphatic hydroxyl groups excluding tert-OH is 1. The second kappa shape index (κ2) is 7.91. The molecule has 20 heavy (non-hydrogen) atoms. The van der Waals surface area contributed by atoms with E-state index in [1.165, 1.54) is 7.11 Å². The Bertz CT molecular complexity index is 418. The van der Waals surface area contributed by atoms with E-state index in [1.54, 1.807) is 6.07 Å². The lowest BCUT2D eigenvalue weighted by atomic mass is 10.3. The van der Waals surface area contributed by atoms with E-state index in [0.717, 1.165) is 13.0 Å². The number of alkyl halides is 2. The minimum absolute atomic E-state index is 0.187. The SMILES string of the molecule is CCCNc1cc(NCC(F)(F)CO)nc(COC)n1. The summed E-state index contributed by atoms with van der Waals surface area (Å²) in [5.41, 5.74) is 0. The molecule has 0 radical (unpaired) electrons. The van der Waals surface area contributed by atoms with Crippen LogP contribution in [0.25, 0.3) is 0 Å². The zero-order valence-electron chi connectivity index (χ0n) is 11.6. The molecule has 1 heterocycles. The predicted molar refractivity (Wildman–Crippen MR) is 72.0 cm³/mol. The molecule has 8 heteroatoms. The molecular formula is C12H20F2N4O2. The molecule has 1 rings (SSSR count). The van der Waals surface area contributed by atoms with E-state index in [1.807, 2.05) is 6.92 Å². The second-order valence-corrected chi connectivity index (χ2v) is 4.28. The van der Waals surface area contributed by atoms with E-state index >= 15 is 0 Å². The van der Waals surface area contributed by atoms with E-state index in [-0.39, 0.29) is 12.4 Å². The van der Waals surface area contributed by atoms with E-state index in [4.69, 9.17) is 9.84 Å². The van der Waals surface area contributed by atoms with Gasteiger partial charge in [-0.15, -0.1) is 0 Å². The lowest BCUT2D eigenvalue weighted by Gasteiger charge is -2.15. The number of rotatable bonds is 9. The summed E-state index contributed by atoms with van der Waals surface area (Å²) in [5.74, 6) is -1.99. The molecular weight excluding hydrogens is 270 g/mol. The van der Waals surface area contributed by atoms with Gasteiger partial charge in [0.15, 0.2) is 5.82 Å². The lowest BCUT2D eigenvalue weighted by Crippen LogP contribution is -2.31. The summed E-state index contributed by atoms with van der Waals surface area (Å²) in [6, 6.07) is 1.54. The molecule has 0 amide bonds. The molecule has 0 unspecified atom stereocenters. The van der Waals surface area contributed by atoms with Crippen molar-refractivity contribution in [3.63, 3.8) is 0 Å². The highest BCUT2D eigenvalue weighted by Crippen LogP contribution is 2.16. The van der Waals surface area contributed by atoms with Crippen LogP contribution in [0.1, 0.15) is 19.2 Å². The summed E-state index contributed by atoms with van der Waals surface area (Å²) in [4.78, 5) is 8.27. The van der Waals surface area contributed by atoms with Crippen molar-refractivity contribution in [3.8, 4) is 0 Å². The van der Waals surface area contributed by atoms with Crippen LogP contribution in [-0.4, -0.2) is 47.8 Å². The van der Waals surface area contributed by atoms with E-state index in [2.05, 4.69) is 20.6 Å². The smallest absolute Gasteiger partial charge is 0.287 e. The Morgan fingerprint density at radius 1 is 1.30 bits per heavy atom. The number of hydrogen-bond acceptors (Lipinski definition) is 6. The number of hydrogen-bond donors (Lipinski definition) is 3. The number of aliphatic hydroxyl groups is 1. The highest BCUT2D eigenvalue weighted by molar-refractivity contribution is 5.47. The third-order valence-electron chi connectivity index (χ3n) is 2.36. The maximum Gasteiger partial charge on any atom is 0.287 e. The van der Waals surface area contributed by atoms with Crippen LogP contribution in [0.15, 0.2) is 6.07 Å². The van der Waals surface area contributed by atoms with Gasteiger partial charge in [-0.2, -0.15) is 0 Å². The van der Waals surface area contributed by atoms with Gasteiger partial charge in [0.1, 0.15) is 24.8 Å². The van der Waals surface area contributed by atoms with Crippen molar-refractivity contribution in [1.29, 1.82) is 0 Å². The quantitative estimate of drug-likeness (QED) is 0.639. The van der Waals surface area contributed by atoms with Gasteiger partial charge in [0.2, 0.25) is 0 Å². The van der Waals surface area contributed by atoms with Crippen molar-refractivity contribution in [2.24, 2.45) is 0 Å². The van der Waals surface area contributed by atoms with Gasteiger partial charge >= 0.3 is 0 Å². The van der Waals surface area contributed by atoms with E-state index in [9.17, 15) is 8.78 Å². The molecule has 3 N–H and O–H groups in total. The molecule has 0 aliphatic carbocycles. The van der Waals surface area contributed by atoms with Gasteiger partial charge in [-0.3, -0.25) is 0 Å². The molecule has 1 aromatic rings.